The molecule has 6 rings (SSSR count). The zero-order valence-corrected chi connectivity index (χ0v) is 19.1. The second-order valence-electron chi connectivity index (χ2n) is 9.20. The van der Waals surface area contributed by atoms with Crippen LogP contribution in [0.1, 0.15) is 46.6 Å². The Balaban J connectivity index is 1.26. The molecular weight excluding hydrogens is 424 g/mol. The molecule has 3 aliphatic rings. The number of aromatic amines is 1. The van der Waals surface area contributed by atoms with E-state index in [1.165, 1.54) is 11.1 Å². The van der Waals surface area contributed by atoms with E-state index >= 15 is 0 Å². The van der Waals surface area contributed by atoms with Gasteiger partial charge in [0.1, 0.15) is 5.75 Å². The molecule has 0 saturated heterocycles. The molecule has 172 valence electrons. The third-order valence-electron chi connectivity index (χ3n) is 7.21. The normalized spacial score (nSPS) is 20.9. The summed E-state index contributed by atoms with van der Waals surface area (Å²) in [6.45, 7) is 4.67. The summed E-state index contributed by atoms with van der Waals surface area (Å²) in [5.74, 6) is 0.0590. The summed E-state index contributed by atoms with van der Waals surface area (Å²) in [5.41, 5.74) is 7.35. The lowest BCUT2D eigenvalue weighted by atomic mass is 9.94. The zero-order valence-electron chi connectivity index (χ0n) is 19.1. The number of hydrogen-bond acceptors (Lipinski definition) is 4. The first-order chi connectivity index (χ1) is 16.6. The molecule has 2 unspecified atom stereocenters. The molecule has 4 N–H and O–H groups in total. The predicted octanol–water partition coefficient (Wildman–Crippen LogP) is 4.27. The highest BCUT2D eigenvalue weighted by atomic mass is 16.3. The molecule has 0 bridgehead atoms. The number of nitrogens with one attached hydrogen (secondary N) is 3. The van der Waals surface area contributed by atoms with Crippen molar-refractivity contribution in [1.82, 2.24) is 20.5 Å². The Morgan fingerprint density at radius 1 is 1.15 bits per heavy atom. The Hall–Kier alpha value is -3.77. The number of rotatable bonds is 6. The number of H-pyrrole nitrogens is 1. The minimum atomic E-state index is -0.301. The summed E-state index contributed by atoms with van der Waals surface area (Å²) in [7, 11) is 0. The van der Waals surface area contributed by atoms with Crippen LogP contribution in [0.3, 0.4) is 0 Å². The first-order valence-corrected chi connectivity index (χ1v) is 11.9. The Labute approximate surface area is 198 Å². The molecule has 1 aromatic heterocycles. The molecule has 2 aliphatic heterocycles. The van der Waals surface area contributed by atoms with Gasteiger partial charge in [-0.1, -0.05) is 35.9 Å². The van der Waals surface area contributed by atoms with Gasteiger partial charge in [0.15, 0.2) is 0 Å². The van der Waals surface area contributed by atoms with Crippen LogP contribution in [0.5, 0.6) is 5.75 Å². The molecule has 34 heavy (non-hydrogen) atoms. The quantitative estimate of drug-likeness (QED) is 0.450. The lowest BCUT2D eigenvalue weighted by molar-refractivity contribution is 0.0960. The van der Waals surface area contributed by atoms with Gasteiger partial charge in [-0.2, -0.15) is 0 Å². The van der Waals surface area contributed by atoms with Crippen molar-refractivity contribution in [2.75, 3.05) is 13.1 Å². The van der Waals surface area contributed by atoms with Gasteiger partial charge in [0, 0.05) is 47.4 Å². The maximum absolute atomic E-state index is 12.7. The molecule has 6 heteroatoms. The molecule has 6 nitrogen and oxygen atoms in total. The summed E-state index contributed by atoms with van der Waals surface area (Å²) in [6, 6.07) is 13.3. The Morgan fingerprint density at radius 3 is 2.91 bits per heavy atom. The fraction of sp³-hybridized carbons (Fsp3) is 0.250. The molecule has 3 heterocycles. The summed E-state index contributed by atoms with van der Waals surface area (Å²) < 4.78 is 0. The van der Waals surface area contributed by atoms with E-state index in [0.29, 0.717) is 18.2 Å². The minimum Gasteiger partial charge on any atom is -0.508 e. The average Bonchev–Trinajstić information content (AvgIpc) is 3.51. The van der Waals surface area contributed by atoms with Crippen LogP contribution in [-0.2, 0) is 6.54 Å². The SMILES string of the molecule is CCN1C=CC2=CC=C(CNCc3[nH]c4ccccc4c3C3NC(=O)c4ccc(O)cc43)CC21. The maximum atomic E-state index is 12.7. The molecule has 0 radical (unpaired) electrons. The second-order valence-corrected chi connectivity index (χ2v) is 9.20. The largest absolute Gasteiger partial charge is 0.508 e. The molecule has 0 fully saturated rings. The van der Waals surface area contributed by atoms with Crippen LogP contribution in [0.25, 0.3) is 10.9 Å². The van der Waals surface area contributed by atoms with Crippen LogP contribution >= 0.6 is 0 Å². The lowest BCUT2D eigenvalue weighted by Crippen LogP contribution is -2.31. The Kier molecular flexibility index (Phi) is 5.03. The van der Waals surface area contributed by atoms with Crippen LogP contribution in [0.15, 0.2) is 78.0 Å². The highest BCUT2D eigenvalue weighted by Gasteiger charge is 2.33. The Morgan fingerprint density at radius 2 is 2.03 bits per heavy atom. The fourth-order valence-electron chi connectivity index (χ4n) is 5.52. The van der Waals surface area contributed by atoms with E-state index in [0.717, 1.165) is 47.2 Å². The number of aromatic hydroxyl groups is 1. The van der Waals surface area contributed by atoms with Gasteiger partial charge in [-0.05, 0) is 61.0 Å². The first-order valence-electron chi connectivity index (χ1n) is 11.9. The van der Waals surface area contributed by atoms with Gasteiger partial charge in [-0.25, -0.2) is 0 Å². The monoisotopic (exact) mass is 452 g/mol. The van der Waals surface area contributed by atoms with Crippen molar-refractivity contribution in [2.45, 2.75) is 32.0 Å². The third-order valence-corrected chi connectivity index (χ3v) is 7.21. The number of likely N-dealkylation sites (N-methyl/N-ethyl adjacent to an activating group) is 1. The lowest BCUT2D eigenvalue weighted by Gasteiger charge is -2.28. The molecule has 1 aliphatic carbocycles. The minimum absolute atomic E-state index is 0.107. The Bertz CT molecular complexity index is 1380. The number of fused-ring (bicyclic) bond motifs is 3. The van der Waals surface area contributed by atoms with Crippen LogP contribution < -0.4 is 10.6 Å². The fourth-order valence-corrected chi connectivity index (χ4v) is 5.52. The van der Waals surface area contributed by atoms with Gasteiger partial charge < -0.3 is 25.6 Å². The van der Waals surface area contributed by atoms with Crippen molar-refractivity contribution in [1.29, 1.82) is 0 Å². The summed E-state index contributed by atoms with van der Waals surface area (Å²) >= 11 is 0. The number of benzene rings is 2. The number of hydrogen-bond donors (Lipinski definition) is 4. The third kappa shape index (κ3) is 3.42. The van der Waals surface area contributed by atoms with Gasteiger partial charge >= 0.3 is 0 Å². The van der Waals surface area contributed by atoms with Gasteiger partial charge in [0.2, 0.25) is 0 Å². The number of aromatic nitrogens is 1. The number of allylic oxidation sites excluding steroid dienone is 2. The van der Waals surface area contributed by atoms with E-state index < -0.39 is 0 Å². The highest BCUT2D eigenvalue weighted by molar-refractivity contribution is 6.01. The van der Waals surface area contributed by atoms with E-state index in [9.17, 15) is 9.90 Å². The molecule has 3 aromatic rings. The predicted molar refractivity (Wildman–Crippen MR) is 134 cm³/mol. The molecular formula is C28H28N4O2. The van der Waals surface area contributed by atoms with Gasteiger partial charge in [0.25, 0.3) is 5.91 Å². The molecule has 0 saturated carbocycles. The van der Waals surface area contributed by atoms with Crippen molar-refractivity contribution in [3.8, 4) is 5.75 Å². The molecule has 1 amide bonds. The van der Waals surface area contributed by atoms with Crippen molar-refractivity contribution in [2.24, 2.45) is 0 Å². The van der Waals surface area contributed by atoms with E-state index in [2.05, 4.69) is 64.0 Å². The van der Waals surface area contributed by atoms with Crippen molar-refractivity contribution < 1.29 is 9.90 Å². The van der Waals surface area contributed by atoms with E-state index in [4.69, 9.17) is 0 Å². The number of carbonyl (C=O) groups is 1. The maximum Gasteiger partial charge on any atom is 0.252 e. The van der Waals surface area contributed by atoms with Crippen molar-refractivity contribution in [3.05, 3.63) is 100 Å². The van der Waals surface area contributed by atoms with Gasteiger partial charge in [-0.15, -0.1) is 0 Å². The second kappa shape index (κ2) is 8.22. The van der Waals surface area contributed by atoms with Crippen LogP contribution in [0.4, 0.5) is 0 Å². The van der Waals surface area contributed by atoms with E-state index in [1.54, 1.807) is 18.2 Å². The summed E-state index contributed by atoms with van der Waals surface area (Å²) in [5, 5.41) is 17.9. The standard InChI is InChI=1S/C28H28N4O2/c1-2-32-12-11-18-8-7-17(13-25(18)32)15-29-16-24-26(21-5-3-4-6-23(21)30-24)27-22-14-19(33)9-10-20(22)28(34)31-27/h3-12,14,25,27,29-30,33H,2,13,15-16H2,1H3,(H,31,34). The number of carbonyl (C=O) groups excluding carboxylic acids is 1. The van der Waals surface area contributed by atoms with E-state index in [1.807, 2.05) is 12.1 Å². The summed E-state index contributed by atoms with van der Waals surface area (Å²) in [4.78, 5) is 18.6. The number of amides is 1. The number of nitrogens with zero attached hydrogens (tertiary/aromatic N) is 1. The smallest absolute Gasteiger partial charge is 0.252 e. The molecule has 2 atom stereocenters. The first kappa shape index (κ1) is 20.8. The average molecular weight is 453 g/mol. The van der Waals surface area contributed by atoms with E-state index in [-0.39, 0.29) is 17.7 Å². The summed E-state index contributed by atoms with van der Waals surface area (Å²) in [6.07, 6.45) is 9.93. The van der Waals surface area contributed by atoms with Crippen LogP contribution in [0, 0.1) is 0 Å². The van der Waals surface area contributed by atoms with Gasteiger partial charge in [0.05, 0.1) is 12.1 Å². The van der Waals surface area contributed by atoms with Crippen molar-refractivity contribution >= 4 is 16.8 Å². The molecule has 0 spiro atoms. The highest BCUT2D eigenvalue weighted by Crippen LogP contribution is 2.38. The van der Waals surface area contributed by atoms with Crippen LogP contribution in [-0.4, -0.2) is 40.0 Å². The molecule has 2 aromatic carbocycles. The number of phenols is 1. The number of para-hydroxylation sites is 1. The number of phenolic OH excluding ortho intramolecular Hbond substituents is 1. The van der Waals surface area contributed by atoms with Crippen LogP contribution in [0.2, 0.25) is 0 Å². The zero-order chi connectivity index (χ0) is 23.2. The van der Waals surface area contributed by atoms with Gasteiger partial charge in [-0.3, -0.25) is 4.79 Å². The topological polar surface area (TPSA) is 80.4 Å². The van der Waals surface area contributed by atoms with Crippen molar-refractivity contribution in [3.63, 3.8) is 0 Å².